The summed E-state index contributed by atoms with van der Waals surface area (Å²) in [6, 6.07) is 0.538. The first-order valence-corrected chi connectivity index (χ1v) is 6.47. The predicted molar refractivity (Wildman–Crippen MR) is 69.7 cm³/mol. The van der Waals surface area contributed by atoms with Gasteiger partial charge in [0, 0.05) is 19.3 Å². The Balaban J connectivity index is 2.13. The van der Waals surface area contributed by atoms with Gasteiger partial charge < -0.3 is 10.6 Å². The summed E-state index contributed by atoms with van der Waals surface area (Å²) in [5.74, 6) is 2.26. The molecular weight excluding hydrogens is 268 g/mol. The second kappa shape index (κ2) is 4.99. The highest BCUT2D eigenvalue weighted by Crippen LogP contribution is 2.29. The summed E-state index contributed by atoms with van der Waals surface area (Å²) in [6.07, 6.45) is 5.62. The van der Waals surface area contributed by atoms with E-state index >= 15 is 0 Å². The maximum atomic E-state index is 4.41. The minimum atomic E-state index is 0.538. The van der Waals surface area contributed by atoms with Crippen LogP contribution in [0.3, 0.4) is 0 Å². The molecule has 16 heavy (non-hydrogen) atoms. The number of halogens is 1. The molecule has 5 heteroatoms. The van der Waals surface area contributed by atoms with Crippen molar-refractivity contribution < 1.29 is 0 Å². The number of hydrogen-bond donors (Lipinski definition) is 2. The number of nitrogens with zero attached hydrogens (tertiary/aromatic N) is 2. The van der Waals surface area contributed by atoms with E-state index in [1.54, 1.807) is 6.20 Å². The van der Waals surface area contributed by atoms with Crippen LogP contribution in [0.5, 0.6) is 0 Å². The van der Waals surface area contributed by atoms with Gasteiger partial charge in [0.1, 0.15) is 5.82 Å². The predicted octanol–water partition coefficient (Wildman–Crippen LogP) is 2.88. The number of aromatic nitrogens is 2. The van der Waals surface area contributed by atoms with E-state index in [-0.39, 0.29) is 0 Å². The molecule has 1 aromatic rings. The Morgan fingerprint density at radius 1 is 1.44 bits per heavy atom. The quantitative estimate of drug-likeness (QED) is 0.896. The maximum absolute atomic E-state index is 4.41. The van der Waals surface area contributed by atoms with E-state index in [9.17, 15) is 0 Å². The van der Waals surface area contributed by atoms with Crippen molar-refractivity contribution in [3.63, 3.8) is 0 Å². The summed E-state index contributed by atoms with van der Waals surface area (Å²) in [5.41, 5.74) is 0. The summed E-state index contributed by atoms with van der Waals surface area (Å²) in [4.78, 5) is 8.55. The molecule has 1 fully saturated rings. The second-order valence-electron chi connectivity index (χ2n) is 4.30. The zero-order valence-electron chi connectivity index (χ0n) is 9.63. The standard InChI is InChI=1S/C11H17BrN4/c1-7-4-3-5-9(7)15-10-8(12)6-14-11(13-2)16-10/h6-7,9H,3-5H2,1-2H3,(H2,13,14,15,16). The molecule has 2 rings (SSSR count). The third kappa shape index (κ3) is 2.45. The van der Waals surface area contributed by atoms with Crippen LogP contribution in [0, 0.1) is 5.92 Å². The summed E-state index contributed by atoms with van der Waals surface area (Å²) in [6.45, 7) is 2.29. The van der Waals surface area contributed by atoms with Gasteiger partial charge in [-0.05, 0) is 34.7 Å². The molecule has 0 amide bonds. The maximum Gasteiger partial charge on any atom is 0.224 e. The molecule has 0 spiro atoms. The van der Waals surface area contributed by atoms with E-state index in [0.717, 1.165) is 16.2 Å². The Kier molecular flexibility index (Phi) is 3.63. The average Bonchev–Trinajstić information content (AvgIpc) is 2.68. The molecule has 0 bridgehead atoms. The molecule has 2 unspecified atom stereocenters. The van der Waals surface area contributed by atoms with Crippen LogP contribution in [0.1, 0.15) is 26.2 Å². The zero-order chi connectivity index (χ0) is 11.5. The zero-order valence-corrected chi connectivity index (χ0v) is 11.2. The summed E-state index contributed by atoms with van der Waals surface area (Å²) >= 11 is 3.47. The van der Waals surface area contributed by atoms with Crippen LogP contribution in [0.15, 0.2) is 10.7 Å². The molecule has 1 aliphatic rings. The van der Waals surface area contributed by atoms with Gasteiger partial charge in [-0.15, -0.1) is 0 Å². The molecule has 1 aliphatic carbocycles. The van der Waals surface area contributed by atoms with Crippen molar-refractivity contribution >= 4 is 27.7 Å². The third-order valence-electron chi connectivity index (χ3n) is 3.15. The van der Waals surface area contributed by atoms with Crippen LogP contribution >= 0.6 is 15.9 Å². The third-order valence-corrected chi connectivity index (χ3v) is 3.73. The summed E-state index contributed by atoms with van der Waals surface area (Å²) in [7, 11) is 1.82. The second-order valence-corrected chi connectivity index (χ2v) is 5.15. The van der Waals surface area contributed by atoms with Crippen molar-refractivity contribution in [1.29, 1.82) is 0 Å². The van der Waals surface area contributed by atoms with Crippen molar-refractivity contribution in [3.05, 3.63) is 10.7 Å². The molecule has 1 heterocycles. The highest BCUT2D eigenvalue weighted by Gasteiger charge is 2.24. The first-order chi connectivity index (χ1) is 7.70. The fourth-order valence-corrected chi connectivity index (χ4v) is 2.43. The Hall–Kier alpha value is -0.840. The fourth-order valence-electron chi connectivity index (χ4n) is 2.12. The van der Waals surface area contributed by atoms with Crippen LogP contribution in [0.25, 0.3) is 0 Å². The molecule has 0 saturated heterocycles. The van der Waals surface area contributed by atoms with Gasteiger partial charge in [0.2, 0.25) is 5.95 Å². The Bertz CT molecular complexity index is 369. The molecule has 1 aromatic heterocycles. The van der Waals surface area contributed by atoms with E-state index < -0.39 is 0 Å². The summed E-state index contributed by atoms with van der Waals surface area (Å²) < 4.78 is 0.922. The minimum Gasteiger partial charge on any atom is -0.366 e. The lowest BCUT2D eigenvalue weighted by Gasteiger charge is -2.18. The van der Waals surface area contributed by atoms with Crippen LogP contribution in [0.2, 0.25) is 0 Å². The number of hydrogen-bond acceptors (Lipinski definition) is 4. The molecule has 0 aliphatic heterocycles. The Morgan fingerprint density at radius 3 is 2.88 bits per heavy atom. The monoisotopic (exact) mass is 284 g/mol. The number of rotatable bonds is 3. The van der Waals surface area contributed by atoms with Crippen molar-refractivity contribution in [3.8, 4) is 0 Å². The van der Waals surface area contributed by atoms with E-state index in [1.165, 1.54) is 19.3 Å². The van der Waals surface area contributed by atoms with Crippen LogP contribution < -0.4 is 10.6 Å². The molecule has 4 nitrogen and oxygen atoms in total. The van der Waals surface area contributed by atoms with Gasteiger partial charge >= 0.3 is 0 Å². The van der Waals surface area contributed by atoms with Gasteiger partial charge in [-0.3, -0.25) is 0 Å². The Labute approximate surface area is 104 Å². The molecule has 88 valence electrons. The topological polar surface area (TPSA) is 49.8 Å². The first kappa shape index (κ1) is 11.6. The van der Waals surface area contributed by atoms with Gasteiger partial charge in [0.05, 0.1) is 4.47 Å². The van der Waals surface area contributed by atoms with E-state index in [0.29, 0.717) is 12.0 Å². The highest BCUT2D eigenvalue weighted by atomic mass is 79.9. The molecular formula is C11H17BrN4. The molecule has 2 N–H and O–H groups in total. The minimum absolute atomic E-state index is 0.538. The lowest BCUT2D eigenvalue weighted by molar-refractivity contribution is 0.554. The smallest absolute Gasteiger partial charge is 0.224 e. The van der Waals surface area contributed by atoms with E-state index in [2.05, 4.69) is 43.5 Å². The van der Waals surface area contributed by atoms with E-state index in [1.807, 2.05) is 7.05 Å². The molecule has 0 radical (unpaired) electrons. The van der Waals surface area contributed by atoms with Crippen molar-refractivity contribution in [2.75, 3.05) is 17.7 Å². The van der Waals surface area contributed by atoms with Crippen LogP contribution in [-0.2, 0) is 0 Å². The summed E-state index contributed by atoms with van der Waals surface area (Å²) in [5, 5.41) is 6.44. The molecule has 0 aromatic carbocycles. The largest absolute Gasteiger partial charge is 0.366 e. The number of anilines is 2. The Morgan fingerprint density at radius 2 is 2.25 bits per heavy atom. The van der Waals surface area contributed by atoms with Crippen LogP contribution in [-0.4, -0.2) is 23.1 Å². The molecule has 1 saturated carbocycles. The van der Waals surface area contributed by atoms with Crippen LogP contribution in [0.4, 0.5) is 11.8 Å². The molecule has 2 atom stereocenters. The highest BCUT2D eigenvalue weighted by molar-refractivity contribution is 9.10. The van der Waals surface area contributed by atoms with Gasteiger partial charge in [-0.25, -0.2) is 4.98 Å². The van der Waals surface area contributed by atoms with E-state index in [4.69, 9.17) is 0 Å². The fraction of sp³-hybridized carbons (Fsp3) is 0.636. The van der Waals surface area contributed by atoms with Gasteiger partial charge in [-0.2, -0.15) is 4.98 Å². The van der Waals surface area contributed by atoms with Crippen molar-refractivity contribution in [2.45, 2.75) is 32.2 Å². The van der Waals surface area contributed by atoms with Gasteiger partial charge in [0.15, 0.2) is 0 Å². The van der Waals surface area contributed by atoms with Crippen molar-refractivity contribution in [2.24, 2.45) is 5.92 Å². The van der Waals surface area contributed by atoms with Gasteiger partial charge in [0.25, 0.3) is 0 Å². The first-order valence-electron chi connectivity index (χ1n) is 5.67. The lowest BCUT2D eigenvalue weighted by atomic mass is 10.1. The number of nitrogens with one attached hydrogen (secondary N) is 2. The lowest BCUT2D eigenvalue weighted by Crippen LogP contribution is -2.23. The normalized spacial score (nSPS) is 24.4. The van der Waals surface area contributed by atoms with Gasteiger partial charge in [-0.1, -0.05) is 13.3 Å². The average molecular weight is 285 g/mol. The SMILES string of the molecule is CNc1ncc(Br)c(NC2CCCC2C)n1. The van der Waals surface area contributed by atoms with Crippen molar-refractivity contribution in [1.82, 2.24) is 9.97 Å².